The lowest BCUT2D eigenvalue weighted by molar-refractivity contribution is 1.06. The summed E-state index contributed by atoms with van der Waals surface area (Å²) in [7, 11) is 0. The van der Waals surface area contributed by atoms with E-state index in [4.69, 9.17) is 11.6 Å². The van der Waals surface area contributed by atoms with E-state index in [1.165, 1.54) is 0 Å². The maximum absolute atomic E-state index is 6.28. The average molecular weight is 269 g/mol. The molecule has 3 heteroatoms. The molecular formula is C16H13ClN2. The second kappa shape index (κ2) is 4.90. The lowest BCUT2D eigenvalue weighted by Crippen LogP contribution is -1.96. The van der Waals surface area contributed by atoms with Crippen LogP contribution in [0.1, 0.15) is 5.69 Å². The number of hydrogen-bond acceptors (Lipinski definition) is 1. The molecule has 1 heterocycles. The van der Waals surface area contributed by atoms with Gasteiger partial charge in [0.15, 0.2) is 0 Å². The number of nitrogens with zero attached hydrogens (tertiary/aromatic N) is 2. The van der Waals surface area contributed by atoms with E-state index in [0.29, 0.717) is 0 Å². The first-order valence-electron chi connectivity index (χ1n) is 6.11. The number of para-hydroxylation sites is 1. The summed E-state index contributed by atoms with van der Waals surface area (Å²) in [5.74, 6) is 0. The van der Waals surface area contributed by atoms with Crippen molar-refractivity contribution in [1.29, 1.82) is 0 Å². The number of aromatic nitrogens is 2. The summed E-state index contributed by atoms with van der Waals surface area (Å²) in [6.45, 7) is 2.01. The van der Waals surface area contributed by atoms with Crippen LogP contribution in [0.2, 0.25) is 5.02 Å². The van der Waals surface area contributed by atoms with E-state index in [9.17, 15) is 0 Å². The van der Waals surface area contributed by atoms with Crippen LogP contribution in [-0.4, -0.2) is 9.55 Å². The van der Waals surface area contributed by atoms with E-state index in [0.717, 1.165) is 27.7 Å². The molecule has 3 rings (SSSR count). The van der Waals surface area contributed by atoms with Gasteiger partial charge in [0, 0.05) is 5.56 Å². The Hall–Kier alpha value is -2.06. The smallest absolute Gasteiger partial charge is 0.100 e. The Morgan fingerprint density at radius 1 is 0.947 bits per heavy atom. The summed E-state index contributed by atoms with van der Waals surface area (Å²) in [6, 6.07) is 18.0. The summed E-state index contributed by atoms with van der Waals surface area (Å²) in [4.78, 5) is 4.41. The number of rotatable bonds is 2. The van der Waals surface area contributed by atoms with E-state index >= 15 is 0 Å². The Kier molecular flexibility index (Phi) is 3.10. The van der Waals surface area contributed by atoms with Crippen molar-refractivity contribution < 1.29 is 0 Å². The molecule has 0 fully saturated rings. The van der Waals surface area contributed by atoms with Gasteiger partial charge in [0.1, 0.15) is 6.33 Å². The van der Waals surface area contributed by atoms with Gasteiger partial charge < -0.3 is 0 Å². The Balaban J connectivity index is 2.23. The minimum atomic E-state index is 0.720. The standard InChI is InChI=1S/C16H13ClN2/c1-12-16(13-7-3-2-4-8-13)19(11-18-12)15-10-6-5-9-14(15)17/h2-11H,1H3. The molecule has 3 aromatic rings. The van der Waals surface area contributed by atoms with Crippen LogP contribution in [0.25, 0.3) is 16.9 Å². The van der Waals surface area contributed by atoms with Crippen molar-refractivity contribution in [2.24, 2.45) is 0 Å². The van der Waals surface area contributed by atoms with Gasteiger partial charge in [-0.2, -0.15) is 0 Å². The third-order valence-corrected chi connectivity index (χ3v) is 3.43. The van der Waals surface area contributed by atoms with Gasteiger partial charge >= 0.3 is 0 Å². The molecule has 0 saturated carbocycles. The summed E-state index contributed by atoms with van der Waals surface area (Å²) < 4.78 is 2.03. The Morgan fingerprint density at radius 3 is 2.37 bits per heavy atom. The molecule has 2 aromatic carbocycles. The molecule has 0 saturated heterocycles. The second-order valence-corrected chi connectivity index (χ2v) is 4.77. The lowest BCUT2D eigenvalue weighted by Gasteiger charge is -2.10. The van der Waals surface area contributed by atoms with Crippen LogP contribution < -0.4 is 0 Å². The van der Waals surface area contributed by atoms with Gasteiger partial charge in [-0.3, -0.25) is 4.57 Å². The van der Waals surface area contributed by atoms with E-state index in [-0.39, 0.29) is 0 Å². The molecule has 0 atom stereocenters. The van der Waals surface area contributed by atoms with Crippen LogP contribution in [0.5, 0.6) is 0 Å². The van der Waals surface area contributed by atoms with Crippen LogP contribution in [0, 0.1) is 6.92 Å². The topological polar surface area (TPSA) is 17.8 Å². The molecule has 0 unspecified atom stereocenters. The minimum Gasteiger partial charge on any atom is -0.297 e. The van der Waals surface area contributed by atoms with Crippen molar-refractivity contribution in [3.63, 3.8) is 0 Å². The number of benzene rings is 2. The van der Waals surface area contributed by atoms with Gasteiger partial charge in [0.05, 0.1) is 22.1 Å². The van der Waals surface area contributed by atoms with Gasteiger partial charge in [0.2, 0.25) is 0 Å². The molecule has 19 heavy (non-hydrogen) atoms. The molecule has 0 radical (unpaired) electrons. The zero-order valence-electron chi connectivity index (χ0n) is 10.5. The quantitative estimate of drug-likeness (QED) is 0.669. The van der Waals surface area contributed by atoms with Crippen molar-refractivity contribution >= 4 is 11.6 Å². The van der Waals surface area contributed by atoms with Crippen molar-refractivity contribution in [1.82, 2.24) is 9.55 Å². The predicted octanol–water partition coefficient (Wildman–Crippen LogP) is 4.50. The number of hydrogen-bond donors (Lipinski definition) is 0. The fraction of sp³-hybridized carbons (Fsp3) is 0.0625. The highest BCUT2D eigenvalue weighted by Crippen LogP contribution is 2.29. The van der Waals surface area contributed by atoms with E-state index < -0.39 is 0 Å². The molecule has 2 nitrogen and oxygen atoms in total. The third-order valence-electron chi connectivity index (χ3n) is 3.11. The first-order valence-corrected chi connectivity index (χ1v) is 6.49. The summed E-state index contributed by atoms with van der Waals surface area (Å²) in [5, 5.41) is 0.720. The molecule has 94 valence electrons. The molecule has 0 bridgehead atoms. The van der Waals surface area contributed by atoms with Crippen molar-refractivity contribution in [2.45, 2.75) is 6.92 Å². The van der Waals surface area contributed by atoms with Gasteiger partial charge in [0.25, 0.3) is 0 Å². The SMILES string of the molecule is Cc1ncn(-c2ccccc2Cl)c1-c1ccccc1. The van der Waals surface area contributed by atoms with Gasteiger partial charge in [-0.25, -0.2) is 4.98 Å². The monoisotopic (exact) mass is 268 g/mol. The highest BCUT2D eigenvalue weighted by atomic mass is 35.5. The van der Waals surface area contributed by atoms with Gasteiger partial charge in [-0.05, 0) is 19.1 Å². The van der Waals surface area contributed by atoms with Gasteiger partial charge in [-0.1, -0.05) is 54.1 Å². The Morgan fingerprint density at radius 2 is 1.63 bits per heavy atom. The van der Waals surface area contributed by atoms with Crippen LogP contribution in [0.3, 0.4) is 0 Å². The number of aryl methyl sites for hydroxylation is 1. The van der Waals surface area contributed by atoms with E-state index in [1.807, 2.05) is 60.3 Å². The molecular weight excluding hydrogens is 256 g/mol. The largest absolute Gasteiger partial charge is 0.297 e. The van der Waals surface area contributed by atoms with E-state index in [2.05, 4.69) is 17.1 Å². The zero-order chi connectivity index (χ0) is 13.2. The van der Waals surface area contributed by atoms with Crippen LogP contribution in [-0.2, 0) is 0 Å². The molecule has 0 aliphatic heterocycles. The minimum absolute atomic E-state index is 0.720. The Labute approximate surface area is 117 Å². The normalized spacial score (nSPS) is 10.6. The molecule has 1 aromatic heterocycles. The number of imidazole rings is 1. The van der Waals surface area contributed by atoms with Crippen LogP contribution in [0.15, 0.2) is 60.9 Å². The van der Waals surface area contributed by atoms with Crippen LogP contribution in [0.4, 0.5) is 0 Å². The predicted molar refractivity (Wildman–Crippen MR) is 78.7 cm³/mol. The fourth-order valence-electron chi connectivity index (χ4n) is 2.21. The van der Waals surface area contributed by atoms with Crippen molar-refractivity contribution in [3.05, 3.63) is 71.6 Å². The average Bonchev–Trinajstić information content (AvgIpc) is 2.82. The first kappa shape index (κ1) is 12.0. The zero-order valence-corrected chi connectivity index (χ0v) is 11.3. The lowest BCUT2D eigenvalue weighted by atomic mass is 10.1. The highest BCUT2D eigenvalue weighted by molar-refractivity contribution is 6.32. The second-order valence-electron chi connectivity index (χ2n) is 4.37. The third kappa shape index (κ3) is 2.15. The Bertz CT molecular complexity index is 702. The molecule has 0 spiro atoms. The molecule has 0 aliphatic carbocycles. The van der Waals surface area contributed by atoms with Crippen molar-refractivity contribution in [3.8, 4) is 16.9 Å². The fourth-order valence-corrected chi connectivity index (χ4v) is 2.44. The maximum Gasteiger partial charge on any atom is 0.100 e. The summed E-state index contributed by atoms with van der Waals surface area (Å²) in [5.41, 5.74) is 4.15. The number of halogens is 1. The summed E-state index contributed by atoms with van der Waals surface area (Å²) >= 11 is 6.28. The van der Waals surface area contributed by atoms with Crippen molar-refractivity contribution in [2.75, 3.05) is 0 Å². The molecule has 0 aliphatic rings. The van der Waals surface area contributed by atoms with E-state index in [1.54, 1.807) is 0 Å². The van der Waals surface area contributed by atoms with Crippen LogP contribution >= 0.6 is 11.6 Å². The highest BCUT2D eigenvalue weighted by Gasteiger charge is 2.12. The van der Waals surface area contributed by atoms with Gasteiger partial charge in [-0.15, -0.1) is 0 Å². The molecule has 0 N–H and O–H groups in total. The summed E-state index contributed by atoms with van der Waals surface area (Å²) in [6.07, 6.45) is 1.82. The first-order chi connectivity index (χ1) is 9.27. The maximum atomic E-state index is 6.28. The molecule has 0 amide bonds.